The van der Waals surface area contributed by atoms with Gasteiger partial charge in [-0.1, -0.05) is 157 Å². The van der Waals surface area contributed by atoms with Crippen LogP contribution in [0.5, 0.6) is 0 Å². The number of nitrogens with zero attached hydrogens (tertiary/aromatic N) is 4. The Bertz CT molecular complexity index is 3970. The summed E-state index contributed by atoms with van der Waals surface area (Å²) in [7, 11) is 0. The molecule has 4 nitrogen and oxygen atoms in total. The molecule has 4 heteroatoms. The van der Waals surface area contributed by atoms with E-state index in [-0.39, 0.29) is 0 Å². The topological polar surface area (TPSA) is 35.6 Å². The van der Waals surface area contributed by atoms with Gasteiger partial charge in [0.05, 0.1) is 38.9 Å². The SMILES string of the molecule is C1=C=C(c2nc(-n3c4ccc(-c5ccc6c(c5)c5ccccc5n6-c5cc(-c6ccccc6)cc(-c6ccccc6)c5)cc4c4c5ccccc5ccc43)nc3ccccc23)C=CC=1. The molecule has 0 spiro atoms. The Kier molecular flexibility index (Phi) is 8.09. The molecule has 0 fully saturated rings. The quantitative estimate of drug-likeness (QED) is 0.157. The number of rotatable bonds is 6. The standard InChI is InChI=1S/C60H36N4/c1-4-16-39(17-5-1)45-34-46(40-18-6-2-7-19-40)36-47(35-45)63-54-27-15-13-24-49(54)51-37-43(29-31-55(51)63)44-30-32-56-52(38-44)58-48-23-11-10-20-41(48)28-33-57(58)64(56)60-61-53-26-14-12-25-50(53)59(62-60)42-21-8-3-9-22-42/h1-8,10-21,23-38H. The molecule has 1 aliphatic carbocycles. The van der Waals surface area contributed by atoms with Gasteiger partial charge in [0, 0.05) is 32.6 Å². The smallest absolute Gasteiger partial charge is 0.235 e. The third-order valence-corrected chi connectivity index (χ3v) is 12.7. The lowest BCUT2D eigenvalue weighted by atomic mass is 9.98. The highest BCUT2D eigenvalue weighted by molar-refractivity contribution is 6.22. The van der Waals surface area contributed by atoms with Crippen LogP contribution in [0.1, 0.15) is 5.69 Å². The van der Waals surface area contributed by atoms with E-state index in [1.165, 1.54) is 54.7 Å². The van der Waals surface area contributed by atoms with Crippen LogP contribution in [-0.4, -0.2) is 19.1 Å². The molecule has 0 aliphatic heterocycles. The molecule has 3 heterocycles. The van der Waals surface area contributed by atoms with Crippen molar-refractivity contribution in [3.63, 3.8) is 0 Å². The van der Waals surface area contributed by atoms with Gasteiger partial charge >= 0.3 is 0 Å². The minimum absolute atomic E-state index is 0.620. The highest BCUT2D eigenvalue weighted by Gasteiger charge is 2.21. The molecular weight excluding hydrogens is 777 g/mol. The van der Waals surface area contributed by atoms with Crippen molar-refractivity contribution in [1.29, 1.82) is 0 Å². The Morgan fingerprint density at radius 1 is 0.391 bits per heavy atom. The Morgan fingerprint density at radius 2 is 1.00 bits per heavy atom. The normalized spacial score (nSPS) is 12.4. The summed E-state index contributed by atoms with van der Waals surface area (Å²) in [6.07, 6.45) is 5.89. The summed E-state index contributed by atoms with van der Waals surface area (Å²) in [6, 6.07) is 72.2. The van der Waals surface area contributed by atoms with Crippen molar-refractivity contribution in [3.05, 3.63) is 236 Å². The zero-order chi connectivity index (χ0) is 42.1. The molecule has 12 aromatic rings. The summed E-state index contributed by atoms with van der Waals surface area (Å²) in [4.78, 5) is 10.5. The first-order valence-corrected chi connectivity index (χ1v) is 21.7. The van der Waals surface area contributed by atoms with E-state index in [9.17, 15) is 0 Å². The summed E-state index contributed by atoms with van der Waals surface area (Å²) >= 11 is 0. The van der Waals surface area contributed by atoms with Crippen LogP contribution in [0.2, 0.25) is 0 Å². The number of hydrogen-bond acceptors (Lipinski definition) is 2. The molecular formula is C60H36N4. The van der Waals surface area contributed by atoms with E-state index in [1.54, 1.807) is 0 Å². The third kappa shape index (κ3) is 5.72. The maximum Gasteiger partial charge on any atom is 0.235 e. The van der Waals surface area contributed by atoms with Gasteiger partial charge in [-0.3, -0.25) is 4.57 Å². The van der Waals surface area contributed by atoms with Gasteiger partial charge in [-0.25, -0.2) is 9.97 Å². The van der Waals surface area contributed by atoms with Crippen LogP contribution in [0.4, 0.5) is 0 Å². The molecule has 64 heavy (non-hydrogen) atoms. The predicted molar refractivity (Wildman–Crippen MR) is 266 cm³/mol. The second-order valence-electron chi connectivity index (χ2n) is 16.4. The summed E-state index contributed by atoms with van der Waals surface area (Å²) in [5.74, 6) is 0.620. The minimum Gasteiger partial charge on any atom is -0.309 e. The van der Waals surface area contributed by atoms with Crippen LogP contribution < -0.4 is 0 Å². The molecule has 0 atom stereocenters. The largest absolute Gasteiger partial charge is 0.309 e. The van der Waals surface area contributed by atoms with Gasteiger partial charge in [0.25, 0.3) is 0 Å². The van der Waals surface area contributed by atoms with Crippen LogP contribution in [0, 0.1) is 0 Å². The monoisotopic (exact) mass is 812 g/mol. The minimum atomic E-state index is 0.620. The van der Waals surface area contributed by atoms with Crippen LogP contribution in [0.3, 0.4) is 0 Å². The first kappa shape index (κ1) is 35.9. The van der Waals surface area contributed by atoms with Gasteiger partial charge in [0.1, 0.15) is 0 Å². The van der Waals surface area contributed by atoms with E-state index in [0.29, 0.717) is 5.95 Å². The lowest BCUT2D eigenvalue weighted by Crippen LogP contribution is -2.04. The van der Waals surface area contributed by atoms with Crippen LogP contribution in [0.15, 0.2) is 230 Å². The zero-order valence-electron chi connectivity index (χ0n) is 34.6. The maximum absolute atomic E-state index is 5.31. The second-order valence-corrected chi connectivity index (χ2v) is 16.4. The van der Waals surface area contributed by atoms with Crippen molar-refractivity contribution >= 4 is 70.9 Å². The van der Waals surface area contributed by atoms with E-state index in [4.69, 9.17) is 9.97 Å². The molecule has 1 aliphatic rings. The van der Waals surface area contributed by atoms with Crippen LogP contribution in [0.25, 0.3) is 116 Å². The van der Waals surface area contributed by atoms with Crippen LogP contribution in [-0.2, 0) is 0 Å². The Labute approximate surface area is 369 Å². The van der Waals surface area contributed by atoms with E-state index in [1.807, 2.05) is 30.4 Å². The fraction of sp³-hybridized carbons (Fsp3) is 0. The van der Waals surface area contributed by atoms with Crippen molar-refractivity contribution in [2.24, 2.45) is 0 Å². The molecule has 0 unspecified atom stereocenters. The number of benzene rings is 9. The molecule has 0 amide bonds. The third-order valence-electron chi connectivity index (χ3n) is 12.7. The van der Waals surface area contributed by atoms with Gasteiger partial charge in [-0.15, -0.1) is 0 Å². The highest BCUT2D eigenvalue weighted by Crippen LogP contribution is 2.41. The summed E-state index contributed by atoms with van der Waals surface area (Å²) in [5, 5.41) is 8.11. The van der Waals surface area contributed by atoms with Gasteiger partial charge in [0.2, 0.25) is 5.95 Å². The fourth-order valence-electron chi connectivity index (χ4n) is 9.81. The first-order chi connectivity index (χ1) is 31.7. The van der Waals surface area contributed by atoms with E-state index in [2.05, 4.69) is 209 Å². The van der Waals surface area contributed by atoms with Gasteiger partial charge in [0.15, 0.2) is 0 Å². The average molecular weight is 813 g/mol. The molecule has 3 aromatic heterocycles. The van der Waals surface area contributed by atoms with E-state index in [0.717, 1.165) is 60.9 Å². The van der Waals surface area contributed by atoms with Gasteiger partial charge in [-0.2, -0.15) is 0 Å². The zero-order valence-corrected chi connectivity index (χ0v) is 34.6. The predicted octanol–water partition coefficient (Wildman–Crippen LogP) is 15.2. The van der Waals surface area contributed by atoms with Crippen LogP contribution >= 0.6 is 0 Å². The molecule has 0 bridgehead atoms. The van der Waals surface area contributed by atoms with Crippen molar-refractivity contribution in [2.45, 2.75) is 0 Å². The van der Waals surface area contributed by atoms with Gasteiger partial charge in [-0.05, 0) is 117 Å². The molecule has 0 radical (unpaired) electrons. The van der Waals surface area contributed by atoms with Gasteiger partial charge < -0.3 is 4.57 Å². The Hall–Kier alpha value is -8.78. The first-order valence-electron chi connectivity index (χ1n) is 21.7. The molecule has 0 saturated carbocycles. The lowest BCUT2D eigenvalue weighted by Gasteiger charge is -2.14. The fourth-order valence-corrected chi connectivity index (χ4v) is 9.81. The molecule has 13 rings (SSSR count). The van der Waals surface area contributed by atoms with Crippen molar-refractivity contribution < 1.29 is 0 Å². The second kappa shape index (κ2) is 14.4. The molecule has 0 saturated heterocycles. The average Bonchev–Trinajstić information content (AvgIpc) is 3.89. The van der Waals surface area contributed by atoms with E-state index >= 15 is 0 Å². The van der Waals surface area contributed by atoms with Crippen molar-refractivity contribution in [2.75, 3.05) is 0 Å². The summed E-state index contributed by atoms with van der Waals surface area (Å²) < 4.78 is 4.66. The number of para-hydroxylation sites is 2. The lowest BCUT2D eigenvalue weighted by molar-refractivity contribution is 1.00. The highest BCUT2D eigenvalue weighted by atomic mass is 15.2. The summed E-state index contributed by atoms with van der Waals surface area (Å²) in [5.41, 5.74) is 21.6. The molecule has 9 aromatic carbocycles. The maximum atomic E-state index is 5.31. The Morgan fingerprint density at radius 3 is 1.73 bits per heavy atom. The number of aromatic nitrogens is 4. The van der Waals surface area contributed by atoms with Crippen molar-refractivity contribution in [1.82, 2.24) is 19.1 Å². The number of allylic oxidation sites excluding steroid dienone is 4. The summed E-state index contributed by atoms with van der Waals surface area (Å²) in [6.45, 7) is 0. The molecule has 0 N–H and O–H groups in total. The molecule has 296 valence electrons. The van der Waals surface area contributed by atoms with Crippen molar-refractivity contribution in [3.8, 4) is 45.0 Å². The van der Waals surface area contributed by atoms with E-state index < -0.39 is 0 Å². The number of hydrogen-bond donors (Lipinski definition) is 0. The number of fused-ring (bicyclic) bond motifs is 9. The Balaban J connectivity index is 1.02.